The molecular formula is C13H18N6. The van der Waals surface area contributed by atoms with Crippen LogP contribution >= 0.6 is 0 Å². The average Bonchev–Trinajstić information content (AvgIpc) is 3.09. The summed E-state index contributed by atoms with van der Waals surface area (Å²) >= 11 is 0. The number of nitrogens with one attached hydrogen (secondary N) is 1. The number of hydrogen-bond donors (Lipinski definition) is 2. The van der Waals surface area contributed by atoms with Crippen LogP contribution in [-0.4, -0.2) is 19.7 Å². The van der Waals surface area contributed by atoms with Gasteiger partial charge in [0.1, 0.15) is 11.6 Å². The van der Waals surface area contributed by atoms with E-state index in [9.17, 15) is 0 Å². The van der Waals surface area contributed by atoms with Gasteiger partial charge in [-0.25, -0.2) is 15.8 Å². The van der Waals surface area contributed by atoms with Crippen molar-refractivity contribution in [3.05, 3.63) is 24.3 Å². The van der Waals surface area contributed by atoms with Crippen molar-refractivity contribution < 1.29 is 0 Å². The quantitative estimate of drug-likeness (QED) is 0.648. The topological polar surface area (TPSA) is 81.7 Å². The SMILES string of the molecule is Cn1cc(-c2cc(NN)nc(C3CCCC3)n2)cn1. The van der Waals surface area contributed by atoms with Gasteiger partial charge in [0.15, 0.2) is 0 Å². The lowest BCUT2D eigenvalue weighted by atomic mass is 10.1. The highest BCUT2D eigenvalue weighted by atomic mass is 15.3. The van der Waals surface area contributed by atoms with Crippen molar-refractivity contribution in [1.29, 1.82) is 0 Å². The Hall–Kier alpha value is -1.95. The van der Waals surface area contributed by atoms with E-state index >= 15 is 0 Å². The highest BCUT2D eigenvalue weighted by Crippen LogP contribution is 2.33. The van der Waals surface area contributed by atoms with Gasteiger partial charge in [-0.05, 0) is 12.8 Å². The van der Waals surface area contributed by atoms with Crippen molar-refractivity contribution in [2.75, 3.05) is 5.43 Å². The Balaban J connectivity index is 2.01. The minimum atomic E-state index is 0.462. The van der Waals surface area contributed by atoms with Gasteiger partial charge in [0, 0.05) is 30.8 Å². The molecule has 0 aromatic carbocycles. The zero-order valence-electron chi connectivity index (χ0n) is 11.0. The fraction of sp³-hybridized carbons (Fsp3) is 0.462. The van der Waals surface area contributed by atoms with E-state index in [-0.39, 0.29) is 0 Å². The minimum absolute atomic E-state index is 0.462. The zero-order chi connectivity index (χ0) is 13.2. The molecule has 6 heteroatoms. The molecule has 2 heterocycles. The first-order chi connectivity index (χ1) is 9.26. The van der Waals surface area contributed by atoms with Gasteiger partial charge in [0.2, 0.25) is 0 Å². The molecule has 1 aliphatic rings. The van der Waals surface area contributed by atoms with E-state index in [1.807, 2.05) is 19.3 Å². The van der Waals surface area contributed by atoms with E-state index in [0.717, 1.165) is 17.1 Å². The molecule has 0 unspecified atom stereocenters. The molecule has 2 aromatic rings. The Morgan fingerprint density at radius 2 is 2.11 bits per heavy atom. The molecule has 0 amide bonds. The Kier molecular flexibility index (Phi) is 3.16. The largest absolute Gasteiger partial charge is 0.308 e. The summed E-state index contributed by atoms with van der Waals surface area (Å²) in [5, 5.41) is 4.18. The van der Waals surface area contributed by atoms with Crippen LogP contribution in [0.3, 0.4) is 0 Å². The van der Waals surface area contributed by atoms with Crippen LogP contribution in [0.5, 0.6) is 0 Å². The summed E-state index contributed by atoms with van der Waals surface area (Å²) in [5.74, 6) is 7.53. The number of nitrogens with zero attached hydrogens (tertiary/aromatic N) is 4. The van der Waals surface area contributed by atoms with Gasteiger partial charge >= 0.3 is 0 Å². The predicted octanol–water partition coefficient (Wildman–Crippen LogP) is 1.82. The fourth-order valence-corrected chi connectivity index (χ4v) is 2.61. The standard InChI is InChI=1S/C13H18N6/c1-19-8-10(7-15-19)11-6-12(18-14)17-13(16-11)9-4-2-3-5-9/h6-9H,2-5,14H2,1H3,(H,16,17,18). The second kappa shape index (κ2) is 4.97. The van der Waals surface area contributed by atoms with E-state index in [2.05, 4.69) is 20.5 Å². The van der Waals surface area contributed by atoms with E-state index in [1.165, 1.54) is 25.7 Å². The van der Waals surface area contributed by atoms with E-state index in [4.69, 9.17) is 5.84 Å². The van der Waals surface area contributed by atoms with Crippen LogP contribution in [0.15, 0.2) is 18.5 Å². The molecular weight excluding hydrogens is 240 g/mol. The van der Waals surface area contributed by atoms with Crippen LogP contribution < -0.4 is 11.3 Å². The normalized spacial score (nSPS) is 15.9. The predicted molar refractivity (Wildman–Crippen MR) is 73.3 cm³/mol. The lowest BCUT2D eigenvalue weighted by Gasteiger charge is -2.11. The molecule has 0 spiro atoms. The summed E-state index contributed by atoms with van der Waals surface area (Å²) in [7, 11) is 1.89. The summed E-state index contributed by atoms with van der Waals surface area (Å²) in [4.78, 5) is 9.18. The maximum Gasteiger partial charge on any atom is 0.144 e. The van der Waals surface area contributed by atoms with Gasteiger partial charge in [-0.15, -0.1) is 0 Å². The molecule has 100 valence electrons. The Morgan fingerprint density at radius 1 is 1.32 bits per heavy atom. The van der Waals surface area contributed by atoms with Gasteiger partial charge in [0.25, 0.3) is 0 Å². The van der Waals surface area contributed by atoms with Crippen molar-refractivity contribution in [2.45, 2.75) is 31.6 Å². The molecule has 19 heavy (non-hydrogen) atoms. The second-order valence-corrected chi connectivity index (χ2v) is 5.03. The number of aryl methyl sites for hydroxylation is 1. The van der Waals surface area contributed by atoms with Crippen LogP contribution in [0.4, 0.5) is 5.82 Å². The number of rotatable bonds is 3. The van der Waals surface area contributed by atoms with Crippen LogP contribution in [0.2, 0.25) is 0 Å². The third-order valence-corrected chi connectivity index (χ3v) is 3.61. The summed E-state index contributed by atoms with van der Waals surface area (Å²) in [5.41, 5.74) is 4.49. The molecule has 6 nitrogen and oxygen atoms in total. The zero-order valence-corrected chi connectivity index (χ0v) is 11.0. The molecule has 0 radical (unpaired) electrons. The van der Waals surface area contributed by atoms with Gasteiger partial charge < -0.3 is 5.43 Å². The highest BCUT2D eigenvalue weighted by molar-refractivity contribution is 5.60. The smallest absolute Gasteiger partial charge is 0.144 e. The maximum absolute atomic E-state index is 5.51. The summed E-state index contributed by atoms with van der Waals surface area (Å²) < 4.78 is 1.77. The van der Waals surface area contributed by atoms with Crippen molar-refractivity contribution >= 4 is 5.82 Å². The van der Waals surface area contributed by atoms with E-state index < -0.39 is 0 Å². The molecule has 2 aromatic heterocycles. The number of nitrogens with two attached hydrogens (primary N) is 1. The van der Waals surface area contributed by atoms with Crippen molar-refractivity contribution in [3.8, 4) is 11.3 Å². The van der Waals surface area contributed by atoms with E-state index in [1.54, 1.807) is 10.9 Å². The lowest BCUT2D eigenvalue weighted by Crippen LogP contribution is -2.12. The second-order valence-electron chi connectivity index (χ2n) is 5.03. The maximum atomic E-state index is 5.51. The monoisotopic (exact) mass is 258 g/mol. The van der Waals surface area contributed by atoms with Crippen LogP contribution in [-0.2, 0) is 7.05 Å². The molecule has 0 aliphatic heterocycles. The van der Waals surface area contributed by atoms with Gasteiger partial charge in [0.05, 0.1) is 11.9 Å². The Bertz CT molecular complexity index is 570. The van der Waals surface area contributed by atoms with Crippen molar-refractivity contribution in [1.82, 2.24) is 19.7 Å². The van der Waals surface area contributed by atoms with Crippen molar-refractivity contribution in [2.24, 2.45) is 12.9 Å². The molecule has 0 saturated heterocycles. The first-order valence-corrected chi connectivity index (χ1v) is 6.61. The van der Waals surface area contributed by atoms with Crippen LogP contribution in [0.25, 0.3) is 11.3 Å². The molecule has 3 N–H and O–H groups in total. The molecule has 0 atom stereocenters. The molecule has 0 bridgehead atoms. The molecule has 1 fully saturated rings. The summed E-state index contributed by atoms with van der Waals surface area (Å²) in [6.45, 7) is 0. The lowest BCUT2D eigenvalue weighted by molar-refractivity contribution is 0.669. The summed E-state index contributed by atoms with van der Waals surface area (Å²) in [6.07, 6.45) is 8.61. The van der Waals surface area contributed by atoms with Crippen LogP contribution in [0, 0.1) is 0 Å². The number of aromatic nitrogens is 4. The number of hydrazine groups is 1. The first kappa shape index (κ1) is 12.1. The number of nitrogen functional groups attached to an aromatic ring is 1. The Labute approximate surface area is 112 Å². The van der Waals surface area contributed by atoms with Gasteiger partial charge in [-0.3, -0.25) is 4.68 Å². The molecule has 3 rings (SSSR count). The van der Waals surface area contributed by atoms with Gasteiger partial charge in [-0.1, -0.05) is 12.8 Å². The third kappa shape index (κ3) is 2.44. The third-order valence-electron chi connectivity index (χ3n) is 3.61. The first-order valence-electron chi connectivity index (χ1n) is 6.61. The van der Waals surface area contributed by atoms with E-state index in [0.29, 0.717) is 11.7 Å². The van der Waals surface area contributed by atoms with Crippen LogP contribution in [0.1, 0.15) is 37.4 Å². The number of hydrogen-bond acceptors (Lipinski definition) is 5. The molecule has 1 aliphatic carbocycles. The van der Waals surface area contributed by atoms with Gasteiger partial charge in [-0.2, -0.15) is 5.10 Å². The molecule has 1 saturated carbocycles. The highest BCUT2D eigenvalue weighted by Gasteiger charge is 2.21. The summed E-state index contributed by atoms with van der Waals surface area (Å²) in [6, 6.07) is 1.86. The van der Waals surface area contributed by atoms with Crippen molar-refractivity contribution in [3.63, 3.8) is 0 Å². The average molecular weight is 258 g/mol. The minimum Gasteiger partial charge on any atom is -0.308 e. The number of anilines is 1. The fourth-order valence-electron chi connectivity index (χ4n) is 2.61. The Morgan fingerprint density at radius 3 is 2.74 bits per heavy atom.